The van der Waals surface area contributed by atoms with Gasteiger partial charge in [-0.2, -0.15) is 4.72 Å². The Hall–Kier alpha value is -1.98. The monoisotopic (exact) mass is 923 g/mol. The van der Waals surface area contributed by atoms with Gasteiger partial charge in [0.25, 0.3) is 0 Å². The molecule has 0 radical (unpaired) electrons. The predicted octanol–water partition coefficient (Wildman–Crippen LogP) is 7.83. The summed E-state index contributed by atoms with van der Waals surface area (Å²) < 4.78 is 65.2. The highest BCUT2D eigenvalue weighted by atomic mass is 35.5. The largest absolute Gasteiger partial charge is 0.481 e. The molecular weight excluding hydrogens is 850 g/mol. The molecule has 4 saturated heterocycles. The summed E-state index contributed by atoms with van der Waals surface area (Å²) in [6, 6.07) is 4.94. The molecule has 0 aliphatic carbocycles. The maximum absolute atomic E-state index is 14.7. The predicted molar refractivity (Wildman–Crippen MR) is 238 cm³/mol. The van der Waals surface area contributed by atoms with Crippen LogP contribution in [0.3, 0.4) is 0 Å². The highest BCUT2D eigenvalue weighted by Crippen LogP contribution is 2.54. The molecule has 0 bridgehead atoms. The molecule has 6 rings (SSSR count). The third kappa shape index (κ3) is 9.88. The van der Waals surface area contributed by atoms with Crippen molar-refractivity contribution in [2.24, 2.45) is 41.4 Å². The molecule has 356 valence electrons. The van der Waals surface area contributed by atoms with E-state index in [1.165, 1.54) is 24.3 Å². The zero-order valence-corrected chi connectivity index (χ0v) is 40.5. The van der Waals surface area contributed by atoms with Crippen LogP contribution in [0.5, 0.6) is 0 Å². The molecule has 63 heavy (non-hydrogen) atoms. The average Bonchev–Trinajstić information content (AvgIpc) is 3.58. The highest BCUT2D eigenvalue weighted by molar-refractivity contribution is 7.89. The van der Waals surface area contributed by atoms with Crippen LogP contribution in [0.4, 0.5) is 0 Å². The summed E-state index contributed by atoms with van der Waals surface area (Å²) >= 11 is 6.11. The van der Waals surface area contributed by atoms with Crippen molar-refractivity contribution in [3.05, 3.63) is 41.4 Å². The molecule has 1 aromatic carbocycles. The van der Waals surface area contributed by atoms with Gasteiger partial charge in [0.15, 0.2) is 11.6 Å². The number of aliphatic hydroxyl groups excluding tert-OH is 1. The normalized spacial score (nSPS) is 40.9. The molecule has 0 amide bonds. The number of hydrogen-bond donors (Lipinski definition) is 4. The summed E-state index contributed by atoms with van der Waals surface area (Å²) in [4.78, 5) is 26.8. The number of sulfonamides is 1. The molecule has 0 saturated carbocycles. The molecule has 0 aromatic heterocycles. The molecule has 13 nitrogen and oxygen atoms in total. The van der Waals surface area contributed by atoms with Crippen molar-refractivity contribution < 1.29 is 57.0 Å². The topological polar surface area (TPSA) is 187 Å². The lowest BCUT2D eigenvalue weighted by atomic mass is 9.72. The van der Waals surface area contributed by atoms with Crippen molar-refractivity contribution in [2.45, 2.75) is 204 Å². The summed E-state index contributed by atoms with van der Waals surface area (Å²) in [6.45, 7) is 19.3. The Morgan fingerprint density at radius 1 is 0.905 bits per heavy atom. The van der Waals surface area contributed by atoms with Gasteiger partial charge in [-0.15, -0.1) is 0 Å². The highest BCUT2D eigenvalue weighted by Gasteiger charge is 2.64. The molecule has 2 spiro atoms. The van der Waals surface area contributed by atoms with E-state index in [0.29, 0.717) is 56.4 Å². The number of ether oxygens (including phenoxy) is 5. The Kier molecular flexibility index (Phi) is 15.5. The first-order valence-electron chi connectivity index (χ1n) is 23.5. The molecule has 1 aromatic rings. The summed E-state index contributed by atoms with van der Waals surface area (Å²) in [5.41, 5.74) is -1.88. The van der Waals surface area contributed by atoms with Crippen molar-refractivity contribution in [1.82, 2.24) is 4.72 Å². The van der Waals surface area contributed by atoms with Gasteiger partial charge in [0.05, 0.1) is 64.7 Å². The van der Waals surface area contributed by atoms with Crippen LogP contribution in [0.25, 0.3) is 0 Å². The van der Waals surface area contributed by atoms with E-state index in [2.05, 4.69) is 11.6 Å². The van der Waals surface area contributed by atoms with Crippen molar-refractivity contribution in [1.29, 1.82) is 0 Å². The molecule has 5 aliphatic rings. The fraction of sp³-hybridized carbons (Fsp3) is 0.792. The van der Waals surface area contributed by atoms with Gasteiger partial charge in [0.1, 0.15) is 5.78 Å². The minimum absolute atomic E-state index is 0.0284. The summed E-state index contributed by atoms with van der Waals surface area (Å²) in [7, 11) is -4.11. The number of benzene rings is 1. The summed E-state index contributed by atoms with van der Waals surface area (Å²) in [5, 5.41) is 33.4. The lowest BCUT2D eigenvalue weighted by Crippen LogP contribution is -2.65. The fourth-order valence-corrected chi connectivity index (χ4v) is 12.8. The Bertz CT molecular complexity index is 1920. The zero-order valence-electron chi connectivity index (χ0n) is 38.9. The van der Waals surface area contributed by atoms with E-state index in [4.69, 9.17) is 35.3 Å². The third-order valence-corrected chi connectivity index (χ3v) is 17.6. The Morgan fingerprint density at radius 3 is 2.17 bits per heavy atom. The molecule has 4 fully saturated rings. The molecule has 4 N–H and O–H groups in total. The number of carboxylic acid groups (broad SMARTS) is 1. The van der Waals surface area contributed by atoms with Gasteiger partial charge in [0, 0.05) is 35.1 Å². The molecule has 1 unspecified atom stereocenters. The van der Waals surface area contributed by atoms with E-state index in [1.54, 1.807) is 19.1 Å². The van der Waals surface area contributed by atoms with Crippen LogP contribution < -0.4 is 4.72 Å². The molecule has 18 atom stereocenters. The number of halogens is 1. The second-order valence-electron chi connectivity index (χ2n) is 20.0. The Labute approximate surface area is 380 Å². The summed E-state index contributed by atoms with van der Waals surface area (Å²) in [5.74, 6) is -6.72. The third-order valence-electron chi connectivity index (χ3n) is 15.9. The number of ketones is 1. The van der Waals surface area contributed by atoms with Crippen LogP contribution in [-0.4, -0.2) is 101 Å². The van der Waals surface area contributed by atoms with Crippen LogP contribution in [0.1, 0.15) is 133 Å². The van der Waals surface area contributed by atoms with Crippen molar-refractivity contribution >= 4 is 33.4 Å². The minimum Gasteiger partial charge on any atom is -0.481 e. The van der Waals surface area contributed by atoms with Crippen LogP contribution in [0.2, 0.25) is 5.02 Å². The number of carbonyl (C=O) groups excluding carboxylic acids is 1. The van der Waals surface area contributed by atoms with E-state index in [1.807, 2.05) is 55.4 Å². The number of carbonyl (C=O) groups is 2. The van der Waals surface area contributed by atoms with Crippen LogP contribution in [0.15, 0.2) is 41.3 Å². The molecule has 5 aliphatic heterocycles. The van der Waals surface area contributed by atoms with E-state index in [-0.39, 0.29) is 34.9 Å². The second-order valence-corrected chi connectivity index (χ2v) is 22.2. The van der Waals surface area contributed by atoms with E-state index >= 15 is 0 Å². The number of hydrogen-bond acceptors (Lipinski definition) is 11. The van der Waals surface area contributed by atoms with E-state index in [0.717, 1.165) is 6.42 Å². The number of aliphatic hydroxyl groups is 2. The first-order valence-corrected chi connectivity index (χ1v) is 25.4. The van der Waals surface area contributed by atoms with Crippen LogP contribution in [0, 0.1) is 41.4 Å². The summed E-state index contributed by atoms with van der Waals surface area (Å²) in [6.07, 6.45) is 5.35. The lowest BCUT2D eigenvalue weighted by molar-refractivity contribution is -0.397. The molecule has 5 heterocycles. The second kappa shape index (κ2) is 19.3. The van der Waals surface area contributed by atoms with Crippen molar-refractivity contribution in [3.8, 4) is 0 Å². The zero-order chi connectivity index (χ0) is 46.4. The lowest BCUT2D eigenvalue weighted by Gasteiger charge is -2.55. The fourth-order valence-electron chi connectivity index (χ4n) is 11.5. The number of nitrogens with one attached hydrogen (secondary N) is 1. The SMILES string of the molecule is CCC(C(=O)[C@@H](C)[C@@H](O)[C@H](C)[C@@H]1O[C@@H]([C@@H](CC)C(=O)O)CC[C@@H]1C)[C@H]1O[C@]2(C=C[C@@H](NS(=O)(=O)c3ccc(Cl)cc3)[C@]3(CC[C@@](C)([C@H]4CC[C@](O)(CC)[C@H](C)O4)O3)O2)[C@H](C)C[C@@H]1C. The van der Waals surface area contributed by atoms with Crippen molar-refractivity contribution in [3.63, 3.8) is 0 Å². The maximum Gasteiger partial charge on any atom is 0.309 e. The Balaban J connectivity index is 1.27. The van der Waals surface area contributed by atoms with Gasteiger partial charge in [-0.3, -0.25) is 9.59 Å². The molecule has 15 heteroatoms. The number of rotatable bonds is 15. The standard InChI is InChI=1S/C48H74ClNO12S/c1-11-35(44(53)54)37-19-14-27(4)42(59-37)31(8)40(51)30(7)41(52)36(12-2)43-28(5)26-29(6)47(60-43)23-20-38(50-63(56,57)34-17-15-33(49)16-18-34)48(62-47)25-24-45(10,61-48)39-21-22-46(55,13-3)32(9)58-39/h15-18,20,23,27-32,35-40,42-43,50-51,55H,11-14,19,21-22,24-26H2,1-10H3,(H,53,54)/t27-,28-,29+,30-,31-,32-,35+,36?,37+,38+,39+,40+,42+,43-,45-,46+,47-,48-/m0/s1. The first-order chi connectivity index (χ1) is 29.5. The molecular formula is C48H74ClNO12S. The van der Waals surface area contributed by atoms with Crippen LogP contribution in [-0.2, 0) is 43.3 Å². The van der Waals surface area contributed by atoms with Gasteiger partial charge >= 0.3 is 5.97 Å². The van der Waals surface area contributed by atoms with Crippen molar-refractivity contribution in [2.75, 3.05) is 0 Å². The van der Waals surface area contributed by atoms with Gasteiger partial charge in [0.2, 0.25) is 10.0 Å². The van der Waals surface area contributed by atoms with Crippen LogP contribution >= 0.6 is 11.6 Å². The van der Waals surface area contributed by atoms with Gasteiger partial charge in [-0.05, 0) is 114 Å². The van der Waals surface area contributed by atoms with Gasteiger partial charge in [-0.25, -0.2) is 8.42 Å². The van der Waals surface area contributed by atoms with Gasteiger partial charge in [-0.1, -0.05) is 73.1 Å². The quantitative estimate of drug-likeness (QED) is 0.125. The number of carboxylic acids is 1. The van der Waals surface area contributed by atoms with E-state index < -0.39 is 105 Å². The smallest absolute Gasteiger partial charge is 0.309 e. The maximum atomic E-state index is 14.7. The van der Waals surface area contributed by atoms with E-state index in [9.17, 15) is 33.3 Å². The van der Waals surface area contributed by atoms with Gasteiger partial charge < -0.3 is 39.0 Å². The average molecular weight is 925 g/mol. The Morgan fingerprint density at radius 2 is 1.57 bits per heavy atom. The minimum atomic E-state index is -4.11. The number of aliphatic carboxylic acids is 1. The first kappa shape index (κ1) is 50.4. The number of Topliss-reactive ketones (excluding diaryl/α,β-unsaturated/α-hetero) is 1.